The zero-order chi connectivity index (χ0) is 21.1. The highest BCUT2D eigenvalue weighted by Crippen LogP contribution is 2.34. The van der Waals surface area contributed by atoms with Gasteiger partial charge in [-0.15, -0.1) is 0 Å². The molecule has 4 rings (SSSR count). The molecule has 1 unspecified atom stereocenters. The van der Waals surface area contributed by atoms with Gasteiger partial charge in [-0.25, -0.2) is 4.98 Å². The molecule has 0 N–H and O–H groups in total. The van der Waals surface area contributed by atoms with Crippen molar-refractivity contribution in [3.63, 3.8) is 0 Å². The van der Waals surface area contributed by atoms with Crippen LogP contribution in [0.15, 0.2) is 85.2 Å². The van der Waals surface area contributed by atoms with E-state index in [2.05, 4.69) is 0 Å². The molecule has 5 nitrogen and oxygen atoms in total. The molecule has 0 aliphatic rings. The highest BCUT2D eigenvalue weighted by atomic mass is 16.2. The summed E-state index contributed by atoms with van der Waals surface area (Å²) in [6.45, 7) is 1.96. The van der Waals surface area contributed by atoms with Crippen molar-refractivity contribution in [2.45, 2.75) is 13.0 Å². The van der Waals surface area contributed by atoms with Crippen LogP contribution in [-0.4, -0.2) is 39.4 Å². The van der Waals surface area contributed by atoms with Crippen molar-refractivity contribution in [2.24, 2.45) is 0 Å². The third-order valence-electron chi connectivity index (χ3n) is 5.04. The lowest BCUT2D eigenvalue weighted by atomic mass is 10.0. The lowest BCUT2D eigenvalue weighted by Gasteiger charge is -2.24. The van der Waals surface area contributed by atoms with Gasteiger partial charge in [0.05, 0.1) is 23.4 Å². The zero-order valence-electron chi connectivity index (χ0n) is 17.4. The van der Waals surface area contributed by atoms with Gasteiger partial charge in [-0.3, -0.25) is 9.78 Å². The second kappa shape index (κ2) is 8.33. The molecule has 0 fully saturated rings. The number of aromatic nitrogens is 3. The highest BCUT2D eigenvalue weighted by Gasteiger charge is 2.29. The molecule has 0 bridgehead atoms. The van der Waals surface area contributed by atoms with Gasteiger partial charge in [0.2, 0.25) is 5.91 Å². The minimum Gasteiger partial charge on any atom is -0.347 e. The Morgan fingerprint density at radius 3 is 2.20 bits per heavy atom. The van der Waals surface area contributed by atoms with Crippen molar-refractivity contribution < 1.29 is 4.79 Å². The number of nitrogens with zero attached hydrogens (tertiary/aromatic N) is 4. The van der Waals surface area contributed by atoms with Crippen LogP contribution < -0.4 is 0 Å². The van der Waals surface area contributed by atoms with E-state index in [0.29, 0.717) is 0 Å². The largest absolute Gasteiger partial charge is 0.347 e. The molecular formula is C25H24N4O. The van der Waals surface area contributed by atoms with Crippen LogP contribution in [0.2, 0.25) is 0 Å². The molecule has 0 saturated heterocycles. The summed E-state index contributed by atoms with van der Waals surface area (Å²) < 4.78 is 1.95. The number of pyridine rings is 1. The molecule has 0 aliphatic heterocycles. The van der Waals surface area contributed by atoms with Crippen molar-refractivity contribution in [3.8, 4) is 22.6 Å². The Morgan fingerprint density at radius 2 is 1.57 bits per heavy atom. The molecule has 2 aromatic heterocycles. The number of likely N-dealkylation sites (N-methyl/N-ethyl adjacent to an activating group) is 1. The van der Waals surface area contributed by atoms with Gasteiger partial charge in [0.1, 0.15) is 6.04 Å². The van der Waals surface area contributed by atoms with Gasteiger partial charge in [0, 0.05) is 25.4 Å². The molecule has 30 heavy (non-hydrogen) atoms. The summed E-state index contributed by atoms with van der Waals surface area (Å²) in [4.78, 5) is 24.4. The van der Waals surface area contributed by atoms with Gasteiger partial charge in [-0.05, 0) is 24.6 Å². The van der Waals surface area contributed by atoms with E-state index in [1.54, 1.807) is 25.3 Å². The number of carbonyl (C=O) groups excluding carboxylic acids is 1. The molecule has 2 aromatic carbocycles. The Labute approximate surface area is 176 Å². The fourth-order valence-electron chi connectivity index (χ4n) is 3.59. The van der Waals surface area contributed by atoms with Crippen LogP contribution in [0, 0.1) is 6.92 Å². The monoisotopic (exact) mass is 396 g/mol. The molecule has 4 aromatic rings. The van der Waals surface area contributed by atoms with Crippen LogP contribution in [0.5, 0.6) is 0 Å². The fourth-order valence-corrected chi connectivity index (χ4v) is 3.59. The van der Waals surface area contributed by atoms with Crippen LogP contribution in [0.4, 0.5) is 0 Å². The van der Waals surface area contributed by atoms with E-state index in [4.69, 9.17) is 9.97 Å². The normalized spacial score (nSPS) is 11.8. The van der Waals surface area contributed by atoms with E-state index in [-0.39, 0.29) is 5.91 Å². The van der Waals surface area contributed by atoms with Crippen molar-refractivity contribution in [2.75, 3.05) is 14.1 Å². The quantitative estimate of drug-likeness (QED) is 0.495. The highest BCUT2D eigenvalue weighted by molar-refractivity contribution is 5.86. The van der Waals surface area contributed by atoms with Crippen molar-refractivity contribution >= 4 is 5.91 Å². The third-order valence-corrected chi connectivity index (χ3v) is 5.04. The van der Waals surface area contributed by atoms with E-state index in [0.717, 1.165) is 33.9 Å². The summed E-state index contributed by atoms with van der Waals surface area (Å²) in [5, 5.41) is 0. The van der Waals surface area contributed by atoms with E-state index < -0.39 is 6.04 Å². The number of imidazole rings is 1. The molecule has 150 valence electrons. The topological polar surface area (TPSA) is 51.0 Å². The lowest BCUT2D eigenvalue weighted by Crippen LogP contribution is -2.32. The SMILES string of the molecule is Cc1cccc(-c2c(-c3ccccc3)ncn2C(C(=O)N(C)C)c2ccccc2)n1. The summed E-state index contributed by atoms with van der Waals surface area (Å²) >= 11 is 0. The third kappa shape index (κ3) is 3.74. The summed E-state index contributed by atoms with van der Waals surface area (Å²) in [5.74, 6) is -0.0212. The molecule has 0 saturated carbocycles. The van der Waals surface area contributed by atoms with Gasteiger partial charge in [-0.1, -0.05) is 66.7 Å². The Balaban J connectivity index is 1.99. The Bertz CT molecular complexity index is 1150. The molecule has 5 heteroatoms. The van der Waals surface area contributed by atoms with Crippen LogP contribution in [-0.2, 0) is 4.79 Å². The Kier molecular flexibility index (Phi) is 5.44. The number of rotatable bonds is 5. The molecule has 1 atom stereocenters. The first-order valence-electron chi connectivity index (χ1n) is 9.88. The smallest absolute Gasteiger partial charge is 0.249 e. The summed E-state index contributed by atoms with van der Waals surface area (Å²) in [6, 6.07) is 25.2. The van der Waals surface area contributed by atoms with Gasteiger partial charge in [0.15, 0.2) is 0 Å². The number of hydrogen-bond donors (Lipinski definition) is 0. The van der Waals surface area contributed by atoms with E-state index in [9.17, 15) is 4.79 Å². The molecular weight excluding hydrogens is 372 g/mol. The molecule has 2 heterocycles. The van der Waals surface area contributed by atoms with Crippen LogP contribution in [0.3, 0.4) is 0 Å². The van der Waals surface area contributed by atoms with Gasteiger partial charge >= 0.3 is 0 Å². The van der Waals surface area contributed by atoms with Gasteiger partial charge in [0.25, 0.3) is 0 Å². The van der Waals surface area contributed by atoms with E-state index >= 15 is 0 Å². The van der Waals surface area contributed by atoms with Crippen LogP contribution in [0.1, 0.15) is 17.3 Å². The number of carbonyl (C=O) groups is 1. The number of benzene rings is 2. The molecule has 0 spiro atoms. The van der Waals surface area contributed by atoms with Crippen LogP contribution >= 0.6 is 0 Å². The summed E-state index contributed by atoms with van der Waals surface area (Å²) in [6.07, 6.45) is 1.75. The van der Waals surface area contributed by atoms with Crippen molar-refractivity contribution in [1.82, 2.24) is 19.4 Å². The predicted molar refractivity (Wildman–Crippen MR) is 119 cm³/mol. The second-order valence-electron chi connectivity index (χ2n) is 7.43. The first-order chi connectivity index (χ1) is 14.6. The zero-order valence-corrected chi connectivity index (χ0v) is 17.4. The fraction of sp³-hybridized carbons (Fsp3) is 0.160. The minimum atomic E-state index is -0.538. The number of aryl methyl sites for hydroxylation is 1. The summed E-state index contributed by atoms with van der Waals surface area (Å²) in [7, 11) is 3.55. The lowest BCUT2D eigenvalue weighted by molar-refractivity contribution is -0.130. The Morgan fingerprint density at radius 1 is 0.900 bits per heavy atom. The first-order valence-corrected chi connectivity index (χ1v) is 9.88. The predicted octanol–water partition coefficient (Wildman–Crippen LogP) is 4.60. The van der Waals surface area contributed by atoms with Gasteiger partial charge in [-0.2, -0.15) is 0 Å². The summed E-state index contributed by atoms with van der Waals surface area (Å²) in [5.41, 5.74) is 5.23. The first kappa shape index (κ1) is 19.6. The Hall–Kier alpha value is -3.73. The van der Waals surface area contributed by atoms with E-state index in [1.165, 1.54) is 0 Å². The second-order valence-corrected chi connectivity index (χ2v) is 7.43. The van der Waals surface area contributed by atoms with E-state index in [1.807, 2.05) is 90.4 Å². The van der Waals surface area contributed by atoms with Crippen molar-refractivity contribution in [1.29, 1.82) is 0 Å². The maximum absolute atomic E-state index is 13.3. The average molecular weight is 396 g/mol. The number of amides is 1. The van der Waals surface area contributed by atoms with Crippen molar-refractivity contribution in [3.05, 3.63) is 96.4 Å². The average Bonchev–Trinajstić information content (AvgIpc) is 3.20. The molecule has 1 amide bonds. The molecule has 0 aliphatic carbocycles. The standard InChI is InChI=1S/C25H24N4O/c1-18-11-10-16-21(27-18)24-22(19-12-6-4-7-13-19)26-17-29(24)23(25(30)28(2)3)20-14-8-5-9-15-20/h4-17,23H,1-3H3. The maximum Gasteiger partial charge on any atom is 0.249 e. The number of hydrogen-bond acceptors (Lipinski definition) is 3. The maximum atomic E-state index is 13.3. The van der Waals surface area contributed by atoms with Gasteiger partial charge < -0.3 is 9.47 Å². The minimum absolute atomic E-state index is 0.0212. The van der Waals surface area contributed by atoms with Crippen LogP contribution in [0.25, 0.3) is 22.6 Å². The molecule has 0 radical (unpaired) electrons.